The second kappa shape index (κ2) is 9.74. The minimum absolute atomic E-state index is 0.257. The molecule has 30 heavy (non-hydrogen) atoms. The van der Waals surface area contributed by atoms with E-state index in [1.54, 1.807) is 36.2 Å². The summed E-state index contributed by atoms with van der Waals surface area (Å²) in [6.45, 7) is 4.22. The lowest BCUT2D eigenvalue weighted by Gasteiger charge is -2.18. The number of aryl methyl sites for hydroxylation is 2. The summed E-state index contributed by atoms with van der Waals surface area (Å²) in [4.78, 5) is 26.2. The molecule has 0 bridgehead atoms. The first-order chi connectivity index (χ1) is 14.4. The first kappa shape index (κ1) is 21.1. The average Bonchev–Trinajstić information content (AvgIpc) is 2.75. The number of para-hydroxylation sites is 1. The van der Waals surface area contributed by atoms with Crippen molar-refractivity contribution >= 4 is 11.9 Å². The van der Waals surface area contributed by atoms with Gasteiger partial charge in [-0.25, -0.2) is 4.79 Å². The molecule has 0 spiro atoms. The van der Waals surface area contributed by atoms with Gasteiger partial charge in [0.15, 0.2) is 6.61 Å². The van der Waals surface area contributed by atoms with Crippen molar-refractivity contribution in [1.82, 2.24) is 4.90 Å². The summed E-state index contributed by atoms with van der Waals surface area (Å²) >= 11 is 0. The van der Waals surface area contributed by atoms with Gasteiger partial charge in [0.1, 0.15) is 11.5 Å². The van der Waals surface area contributed by atoms with E-state index in [2.05, 4.69) is 6.07 Å². The molecule has 5 nitrogen and oxygen atoms in total. The molecule has 0 N–H and O–H groups in total. The number of nitrogens with zero attached hydrogens (tertiary/aromatic N) is 1. The highest BCUT2D eigenvalue weighted by Crippen LogP contribution is 2.21. The number of rotatable bonds is 7. The number of carbonyl (C=O) groups excluding carboxylic acids is 2. The fraction of sp³-hybridized carbons (Fsp3) is 0.200. The predicted molar refractivity (Wildman–Crippen MR) is 116 cm³/mol. The molecule has 0 aliphatic heterocycles. The van der Waals surface area contributed by atoms with E-state index in [9.17, 15) is 9.59 Å². The van der Waals surface area contributed by atoms with E-state index in [-0.39, 0.29) is 12.5 Å². The van der Waals surface area contributed by atoms with Gasteiger partial charge in [0.2, 0.25) is 0 Å². The molecule has 5 heteroatoms. The van der Waals surface area contributed by atoms with Crippen LogP contribution >= 0.6 is 0 Å². The maximum absolute atomic E-state index is 12.3. The van der Waals surface area contributed by atoms with Crippen LogP contribution in [-0.4, -0.2) is 30.4 Å². The summed E-state index contributed by atoms with van der Waals surface area (Å²) in [7, 11) is 1.70. The Labute approximate surface area is 176 Å². The molecule has 0 unspecified atom stereocenters. The van der Waals surface area contributed by atoms with Crippen molar-refractivity contribution in [2.24, 2.45) is 0 Å². The van der Waals surface area contributed by atoms with E-state index in [4.69, 9.17) is 9.47 Å². The third kappa shape index (κ3) is 5.70. The van der Waals surface area contributed by atoms with E-state index >= 15 is 0 Å². The Bertz CT molecular complexity index is 1010. The highest BCUT2D eigenvalue weighted by molar-refractivity contribution is 5.91. The van der Waals surface area contributed by atoms with Crippen LogP contribution < -0.4 is 4.74 Å². The molecule has 3 aromatic carbocycles. The number of likely N-dealkylation sites (N-methyl/N-ethyl adjacent to an activating group) is 1. The van der Waals surface area contributed by atoms with E-state index in [0.717, 1.165) is 11.1 Å². The van der Waals surface area contributed by atoms with E-state index in [0.29, 0.717) is 23.6 Å². The van der Waals surface area contributed by atoms with Gasteiger partial charge in [-0.2, -0.15) is 0 Å². The van der Waals surface area contributed by atoms with E-state index < -0.39 is 5.97 Å². The summed E-state index contributed by atoms with van der Waals surface area (Å²) in [5, 5.41) is 0. The van der Waals surface area contributed by atoms with Crippen molar-refractivity contribution in [2.45, 2.75) is 20.4 Å². The molecule has 3 rings (SSSR count). The summed E-state index contributed by atoms with van der Waals surface area (Å²) in [5.74, 6) is 0.522. The molecule has 0 fully saturated rings. The topological polar surface area (TPSA) is 55.8 Å². The van der Waals surface area contributed by atoms with Crippen LogP contribution in [0.25, 0.3) is 0 Å². The highest BCUT2D eigenvalue weighted by atomic mass is 16.5. The Hall–Kier alpha value is -3.60. The molecular weight excluding hydrogens is 378 g/mol. The number of benzene rings is 3. The zero-order chi connectivity index (χ0) is 21.5. The second-order valence-electron chi connectivity index (χ2n) is 7.20. The molecule has 0 aliphatic rings. The van der Waals surface area contributed by atoms with Crippen molar-refractivity contribution < 1.29 is 19.1 Å². The van der Waals surface area contributed by atoms with Gasteiger partial charge < -0.3 is 14.4 Å². The third-order valence-corrected chi connectivity index (χ3v) is 4.73. The number of amides is 1. The zero-order valence-corrected chi connectivity index (χ0v) is 17.4. The van der Waals surface area contributed by atoms with Gasteiger partial charge in [-0.15, -0.1) is 0 Å². The maximum atomic E-state index is 12.3. The zero-order valence-electron chi connectivity index (χ0n) is 17.4. The summed E-state index contributed by atoms with van der Waals surface area (Å²) in [6.07, 6.45) is 0. The smallest absolute Gasteiger partial charge is 0.338 e. The van der Waals surface area contributed by atoms with Crippen molar-refractivity contribution in [3.63, 3.8) is 0 Å². The minimum Gasteiger partial charge on any atom is -0.457 e. The van der Waals surface area contributed by atoms with Crippen LogP contribution in [0.15, 0.2) is 72.8 Å². The third-order valence-electron chi connectivity index (χ3n) is 4.73. The van der Waals surface area contributed by atoms with Crippen LogP contribution in [-0.2, 0) is 16.1 Å². The average molecular weight is 403 g/mol. The van der Waals surface area contributed by atoms with Crippen molar-refractivity contribution in [1.29, 1.82) is 0 Å². The van der Waals surface area contributed by atoms with E-state index in [1.807, 2.05) is 56.3 Å². The standard InChI is InChI=1S/C25H25NO4/c1-18-9-10-21(19(2)15-18)16-26(3)24(27)17-29-25(28)20-11-13-23(14-12-20)30-22-7-5-4-6-8-22/h4-15H,16-17H2,1-3H3. The Morgan fingerprint density at radius 1 is 0.867 bits per heavy atom. The van der Waals surface area contributed by atoms with Gasteiger partial charge in [-0.3, -0.25) is 4.79 Å². The number of ether oxygens (including phenoxy) is 2. The molecule has 0 radical (unpaired) electrons. The molecule has 0 aliphatic carbocycles. The van der Waals surface area contributed by atoms with Crippen molar-refractivity contribution in [3.8, 4) is 11.5 Å². The van der Waals surface area contributed by atoms with Crippen LogP contribution in [0.2, 0.25) is 0 Å². The second-order valence-corrected chi connectivity index (χ2v) is 7.20. The fourth-order valence-electron chi connectivity index (χ4n) is 2.97. The fourth-order valence-corrected chi connectivity index (χ4v) is 2.97. The largest absolute Gasteiger partial charge is 0.457 e. The molecule has 154 valence electrons. The molecule has 1 amide bonds. The number of hydrogen-bond acceptors (Lipinski definition) is 4. The van der Waals surface area contributed by atoms with Crippen LogP contribution in [0, 0.1) is 13.8 Å². The number of hydrogen-bond donors (Lipinski definition) is 0. The number of carbonyl (C=O) groups is 2. The van der Waals surface area contributed by atoms with Gasteiger partial charge in [-0.05, 0) is 61.4 Å². The Kier molecular flexibility index (Phi) is 6.86. The molecule has 0 aromatic heterocycles. The molecular formula is C25H25NO4. The van der Waals surface area contributed by atoms with Gasteiger partial charge >= 0.3 is 5.97 Å². The lowest BCUT2D eigenvalue weighted by atomic mass is 10.1. The Balaban J connectivity index is 1.51. The first-order valence-electron chi connectivity index (χ1n) is 9.72. The van der Waals surface area contributed by atoms with Crippen LogP contribution in [0.5, 0.6) is 11.5 Å². The SMILES string of the molecule is Cc1ccc(CN(C)C(=O)COC(=O)c2ccc(Oc3ccccc3)cc2)c(C)c1. The summed E-state index contributed by atoms with van der Waals surface area (Å²) < 4.78 is 10.9. The predicted octanol–water partition coefficient (Wildman–Crippen LogP) is 4.91. The minimum atomic E-state index is -0.547. The maximum Gasteiger partial charge on any atom is 0.338 e. The van der Waals surface area contributed by atoms with Gasteiger partial charge in [0.05, 0.1) is 5.56 Å². The monoisotopic (exact) mass is 403 g/mol. The van der Waals surface area contributed by atoms with Gasteiger partial charge in [-0.1, -0.05) is 42.0 Å². The van der Waals surface area contributed by atoms with Crippen molar-refractivity contribution in [3.05, 3.63) is 95.1 Å². The Morgan fingerprint density at radius 2 is 1.53 bits per heavy atom. The van der Waals surface area contributed by atoms with Crippen molar-refractivity contribution in [2.75, 3.05) is 13.7 Å². The normalized spacial score (nSPS) is 10.4. The van der Waals surface area contributed by atoms with E-state index in [1.165, 1.54) is 5.56 Å². The lowest BCUT2D eigenvalue weighted by molar-refractivity contribution is -0.133. The summed E-state index contributed by atoms with van der Waals surface area (Å²) in [5.41, 5.74) is 3.74. The van der Waals surface area contributed by atoms with Crippen LogP contribution in [0.3, 0.4) is 0 Å². The number of esters is 1. The molecule has 0 heterocycles. The van der Waals surface area contributed by atoms with Gasteiger partial charge in [0.25, 0.3) is 5.91 Å². The van der Waals surface area contributed by atoms with Gasteiger partial charge in [0, 0.05) is 13.6 Å². The lowest BCUT2D eigenvalue weighted by Crippen LogP contribution is -2.31. The molecule has 0 saturated carbocycles. The Morgan fingerprint density at radius 3 is 2.20 bits per heavy atom. The summed E-state index contributed by atoms with van der Waals surface area (Å²) in [6, 6.07) is 22.1. The molecule has 0 saturated heterocycles. The quantitative estimate of drug-likeness (QED) is 0.526. The molecule has 3 aromatic rings. The van der Waals surface area contributed by atoms with Crippen LogP contribution in [0.4, 0.5) is 0 Å². The van der Waals surface area contributed by atoms with Crippen LogP contribution in [0.1, 0.15) is 27.0 Å². The first-order valence-corrected chi connectivity index (χ1v) is 9.72. The molecule has 0 atom stereocenters. The highest BCUT2D eigenvalue weighted by Gasteiger charge is 2.15.